The van der Waals surface area contributed by atoms with Crippen LogP contribution in [0.5, 0.6) is 5.75 Å². The predicted molar refractivity (Wildman–Crippen MR) is 77.6 cm³/mol. The van der Waals surface area contributed by atoms with Crippen molar-refractivity contribution in [2.45, 2.75) is 44.6 Å². The Bertz CT molecular complexity index is 427. The highest BCUT2D eigenvalue weighted by molar-refractivity contribution is 5.78. The summed E-state index contributed by atoms with van der Waals surface area (Å²) in [7, 11) is 0. The van der Waals surface area contributed by atoms with Gasteiger partial charge in [-0.1, -0.05) is 25.0 Å². The molecule has 110 valence electrons. The second-order valence-electron chi connectivity index (χ2n) is 5.33. The van der Waals surface area contributed by atoms with Crippen LogP contribution in [0.1, 0.15) is 37.7 Å². The van der Waals surface area contributed by atoms with Crippen LogP contribution in [-0.2, 0) is 16.0 Å². The molecule has 1 aromatic rings. The molecule has 2 N–H and O–H groups in total. The van der Waals surface area contributed by atoms with Crippen LogP contribution in [0.2, 0.25) is 0 Å². The van der Waals surface area contributed by atoms with Gasteiger partial charge in [0.25, 0.3) is 0 Å². The van der Waals surface area contributed by atoms with Crippen molar-refractivity contribution in [1.82, 2.24) is 5.32 Å². The first-order valence-electron chi connectivity index (χ1n) is 7.40. The van der Waals surface area contributed by atoms with Crippen molar-refractivity contribution in [2.75, 3.05) is 13.2 Å². The van der Waals surface area contributed by atoms with Gasteiger partial charge in [-0.3, -0.25) is 4.79 Å². The van der Waals surface area contributed by atoms with Crippen molar-refractivity contribution >= 4 is 5.91 Å². The Labute approximate surface area is 120 Å². The zero-order chi connectivity index (χ0) is 14.2. The number of amides is 1. The first-order valence-corrected chi connectivity index (χ1v) is 7.40. The maximum Gasteiger partial charge on any atom is 0.224 e. The molecule has 1 amide bonds. The topological polar surface area (TPSA) is 58.6 Å². The summed E-state index contributed by atoms with van der Waals surface area (Å²) in [4.78, 5) is 11.7. The smallest absolute Gasteiger partial charge is 0.224 e. The van der Waals surface area contributed by atoms with Crippen molar-refractivity contribution in [3.8, 4) is 5.75 Å². The Morgan fingerprint density at radius 1 is 1.35 bits per heavy atom. The molecule has 0 atom stereocenters. The van der Waals surface area contributed by atoms with E-state index in [1.165, 1.54) is 25.7 Å². The number of phenols is 1. The SMILES string of the molecule is O=C(Cc1cccc(O)c1)NCCCOC1CCCC1. The lowest BCUT2D eigenvalue weighted by Crippen LogP contribution is -2.27. The Balaban J connectivity index is 1.55. The van der Waals surface area contributed by atoms with Crippen molar-refractivity contribution in [3.05, 3.63) is 29.8 Å². The van der Waals surface area contributed by atoms with Crippen molar-refractivity contribution in [3.63, 3.8) is 0 Å². The fourth-order valence-corrected chi connectivity index (χ4v) is 2.52. The molecule has 0 saturated heterocycles. The molecular weight excluding hydrogens is 254 g/mol. The molecule has 1 aliphatic rings. The van der Waals surface area contributed by atoms with Gasteiger partial charge >= 0.3 is 0 Å². The molecule has 0 unspecified atom stereocenters. The van der Waals surface area contributed by atoms with Gasteiger partial charge in [0.1, 0.15) is 5.75 Å². The maximum absolute atomic E-state index is 11.7. The number of hydrogen-bond donors (Lipinski definition) is 2. The van der Waals surface area contributed by atoms with Crippen LogP contribution in [0.15, 0.2) is 24.3 Å². The molecule has 0 aromatic heterocycles. The molecule has 1 fully saturated rings. The monoisotopic (exact) mass is 277 g/mol. The summed E-state index contributed by atoms with van der Waals surface area (Å²) in [6.45, 7) is 1.36. The fourth-order valence-electron chi connectivity index (χ4n) is 2.52. The molecule has 0 radical (unpaired) electrons. The van der Waals surface area contributed by atoms with Gasteiger partial charge in [0.05, 0.1) is 12.5 Å². The van der Waals surface area contributed by atoms with Gasteiger partial charge in [-0.05, 0) is 37.0 Å². The zero-order valence-electron chi connectivity index (χ0n) is 11.8. The molecule has 1 aromatic carbocycles. The lowest BCUT2D eigenvalue weighted by Gasteiger charge is -2.11. The highest BCUT2D eigenvalue weighted by atomic mass is 16.5. The lowest BCUT2D eigenvalue weighted by atomic mass is 10.1. The summed E-state index contributed by atoms with van der Waals surface area (Å²) in [6.07, 6.45) is 6.53. The minimum Gasteiger partial charge on any atom is -0.508 e. The summed E-state index contributed by atoms with van der Waals surface area (Å²) >= 11 is 0. The fraction of sp³-hybridized carbons (Fsp3) is 0.562. The molecule has 4 heteroatoms. The Kier molecular flexibility index (Phi) is 5.87. The van der Waals surface area contributed by atoms with Gasteiger partial charge in [-0.2, -0.15) is 0 Å². The van der Waals surface area contributed by atoms with E-state index in [1.54, 1.807) is 18.2 Å². The summed E-state index contributed by atoms with van der Waals surface area (Å²) in [5, 5.41) is 12.2. The number of rotatable bonds is 7. The molecule has 2 rings (SSSR count). The number of carbonyl (C=O) groups is 1. The third kappa shape index (κ3) is 5.21. The molecule has 0 aliphatic heterocycles. The highest BCUT2D eigenvalue weighted by Crippen LogP contribution is 2.20. The molecule has 0 heterocycles. The number of aromatic hydroxyl groups is 1. The van der Waals surface area contributed by atoms with Gasteiger partial charge in [0.15, 0.2) is 0 Å². The zero-order valence-corrected chi connectivity index (χ0v) is 11.8. The van der Waals surface area contributed by atoms with E-state index in [1.807, 2.05) is 6.07 Å². The average molecular weight is 277 g/mol. The third-order valence-electron chi connectivity index (χ3n) is 3.57. The van der Waals surface area contributed by atoms with Crippen molar-refractivity contribution < 1.29 is 14.6 Å². The number of phenolic OH excluding ortho intramolecular Hbond substituents is 1. The summed E-state index contributed by atoms with van der Waals surface area (Å²) in [5.74, 6) is 0.178. The van der Waals surface area contributed by atoms with E-state index < -0.39 is 0 Å². The number of ether oxygens (including phenoxy) is 1. The second kappa shape index (κ2) is 7.90. The molecule has 1 aliphatic carbocycles. The van der Waals surface area contributed by atoms with Crippen LogP contribution in [-0.4, -0.2) is 30.3 Å². The Morgan fingerprint density at radius 3 is 2.90 bits per heavy atom. The molecule has 20 heavy (non-hydrogen) atoms. The largest absolute Gasteiger partial charge is 0.508 e. The van der Waals surface area contributed by atoms with E-state index in [4.69, 9.17) is 4.74 Å². The first-order chi connectivity index (χ1) is 9.74. The van der Waals surface area contributed by atoms with Crippen LogP contribution >= 0.6 is 0 Å². The van der Waals surface area contributed by atoms with E-state index in [0.717, 1.165) is 18.6 Å². The van der Waals surface area contributed by atoms with Gasteiger partial charge in [-0.15, -0.1) is 0 Å². The Hall–Kier alpha value is -1.55. The van der Waals surface area contributed by atoms with Crippen molar-refractivity contribution in [2.24, 2.45) is 0 Å². The van der Waals surface area contributed by atoms with E-state index in [9.17, 15) is 9.90 Å². The normalized spacial score (nSPS) is 15.4. The molecule has 0 bridgehead atoms. The highest BCUT2D eigenvalue weighted by Gasteiger charge is 2.14. The predicted octanol–water partition coefficient (Wildman–Crippen LogP) is 2.40. The van der Waals surface area contributed by atoms with Gasteiger partial charge in [-0.25, -0.2) is 0 Å². The summed E-state index contributed by atoms with van der Waals surface area (Å²) < 4.78 is 5.73. The van der Waals surface area contributed by atoms with E-state index in [0.29, 0.717) is 19.1 Å². The number of benzene rings is 1. The lowest BCUT2D eigenvalue weighted by molar-refractivity contribution is -0.120. The van der Waals surface area contributed by atoms with Crippen LogP contribution in [0, 0.1) is 0 Å². The molecule has 1 saturated carbocycles. The van der Waals surface area contributed by atoms with Gasteiger partial charge in [0.2, 0.25) is 5.91 Å². The quantitative estimate of drug-likeness (QED) is 0.752. The van der Waals surface area contributed by atoms with Gasteiger partial charge in [0, 0.05) is 13.2 Å². The van der Waals surface area contributed by atoms with E-state index in [2.05, 4.69) is 5.32 Å². The van der Waals surface area contributed by atoms with E-state index in [-0.39, 0.29) is 11.7 Å². The minimum atomic E-state index is -0.0172. The van der Waals surface area contributed by atoms with Crippen LogP contribution in [0.3, 0.4) is 0 Å². The number of nitrogens with one attached hydrogen (secondary N) is 1. The van der Waals surface area contributed by atoms with Crippen LogP contribution in [0.25, 0.3) is 0 Å². The molecule has 4 nitrogen and oxygen atoms in total. The first kappa shape index (κ1) is 14.9. The average Bonchev–Trinajstić information content (AvgIpc) is 2.91. The van der Waals surface area contributed by atoms with E-state index >= 15 is 0 Å². The second-order valence-corrected chi connectivity index (χ2v) is 5.33. The minimum absolute atomic E-state index is 0.0172. The van der Waals surface area contributed by atoms with Gasteiger partial charge < -0.3 is 15.2 Å². The van der Waals surface area contributed by atoms with Crippen LogP contribution < -0.4 is 5.32 Å². The number of hydrogen-bond acceptors (Lipinski definition) is 3. The third-order valence-corrected chi connectivity index (χ3v) is 3.57. The maximum atomic E-state index is 11.7. The Morgan fingerprint density at radius 2 is 2.15 bits per heavy atom. The van der Waals surface area contributed by atoms with Crippen molar-refractivity contribution in [1.29, 1.82) is 0 Å². The van der Waals surface area contributed by atoms with Crippen LogP contribution in [0.4, 0.5) is 0 Å². The number of carbonyl (C=O) groups excluding carboxylic acids is 1. The standard InChI is InChI=1S/C16H23NO3/c18-14-6-3-5-13(11-14)12-16(19)17-9-4-10-20-15-7-1-2-8-15/h3,5-6,11,15,18H,1-2,4,7-10,12H2,(H,17,19). The summed E-state index contributed by atoms with van der Waals surface area (Å²) in [6, 6.07) is 6.79. The molecular formula is C16H23NO3. The molecule has 0 spiro atoms. The summed E-state index contributed by atoms with van der Waals surface area (Å²) in [5.41, 5.74) is 0.824.